The Morgan fingerprint density at radius 3 is 2.00 bits per heavy atom. The third-order valence-corrected chi connectivity index (χ3v) is 9.30. The molecule has 1 nitrogen and oxygen atoms in total. The van der Waals surface area contributed by atoms with E-state index in [0.717, 1.165) is 53.5 Å². The fourth-order valence-electron chi connectivity index (χ4n) is 6.27. The lowest BCUT2D eigenvalue weighted by molar-refractivity contribution is 0.0151. The van der Waals surface area contributed by atoms with E-state index in [-0.39, 0.29) is 0 Å². The first-order valence-electron chi connectivity index (χ1n) is 11.7. The third-order valence-electron chi connectivity index (χ3n) is 9.30. The summed E-state index contributed by atoms with van der Waals surface area (Å²) in [5.41, 5.74) is 0.448. The highest BCUT2D eigenvalue weighted by Gasteiger charge is 2.53. The fourth-order valence-corrected chi connectivity index (χ4v) is 6.27. The van der Waals surface area contributed by atoms with Gasteiger partial charge in [-0.3, -0.25) is 4.90 Å². The van der Waals surface area contributed by atoms with Crippen LogP contribution in [0, 0.1) is 46.8 Å². The van der Waals surface area contributed by atoms with Crippen molar-refractivity contribution in [1.29, 1.82) is 0 Å². The number of hydrogen-bond donors (Lipinski definition) is 0. The number of nitrogens with zero attached hydrogens (tertiary/aromatic N) is 1. The van der Waals surface area contributed by atoms with Gasteiger partial charge in [-0.25, -0.2) is 0 Å². The Hall–Kier alpha value is -0.0400. The molecule has 0 aromatic rings. The summed E-state index contributed by atoms with van der Waals surface area (Å²) in [5.74, 6) is 6.39. The SMILES string of the molecule is CCC(CC(CCC(C)C(C)C)C1CC(C)C1C)C(C)(C)C1C(C)N1C. The van der Waals surface area contributed by atoms with Crippen LogP contribution in [0.2, 0.25) is 0 Å². The minimum absolute atomic E-state index is 0.448. The molecule has 1 heterocycles. The van der Waals surface area contributed by atoms with E-state index in [1.807, 2.05) is 0 Å². The van der Waals surface area contributed by atoms with Crippen LogP contribution in [0.25, 0.3) is 0 Å². The molecule has 0 aromatic carbocycles. The summed E-state index contributed by atoms with van der Waals surface area (Å²) in [5, 5.41) is 0. The van der Waals surface area contributed by atoms with Crippen molar-refractivity contribution in [3.63, 3.8) is 0 Å². The van der Waals surface area contributed by atoms with Crippen LogP contribution in [0.1, 0.15) is 94.4 Å². The average Bonchev–Trinajstić information content (AvgIpc) is 3.19. The molecule has 26 heavy (non-hydrogen) atoms. The number of hydrogen-bond acceptors (Lipinski definition) is 1. The van der Waals surface area contributed by atoms with Gasteiger partial charge in [0, 0.05) is 12.1 Å². The molecule has 0 radical (unpaired) electrons. The predicted octanol–water partition coefficient (Wildman–Crippen LogP) is 7.11. The van der Waals surface area contributed by atoms with Crippen LogP contribution < -0.4 is 0 Å². The van der Waals surface area contributed by atoms with Crippen molar-refractivity contribution in [1.82, 2.24) is 4.90 Å². The van der Waals surface area contributed by atoms with Gasteiger partial charge >= 0.3 is 0 Å². The molecular weight excluding hydrogens is 314 g/mol. The second kappa shape index (κ2) is 8.54. The highest BCUT2D eigenvalue weighted by atomic mass is 15.3. The standard InChI is InChI=1S/C25H49N/c1-11-22(25(8,9)24-20(7)26(24)10)15-21(13-12-17(4)16(2)3)23-14-18(5)19(23)6/h16-24H,11-15H2,1-10H3. The molecule has 2 aliphatic rings. The highest BCUT2D eigenvalue weighted by Crippen LogP contribution is 2.52. The van der Waals surface area contributed by atoms with Crippen LogP contribution >= 0.6 is 0 Å². The molecule has 1 saturated heterocycles. The molecule has 0 bridgehead atoms. The smallest absolute Gasteiger partial charge is 0.0303 e. The van der Waals surface area contributed by atoms with Crippen molar-refractivity contribution in [2.75, 3.05) is 7.05 Å². The Morgan fingerprint density at radius 1 is 1.04 bits per heavy atom. The van der Waals surface area contributed by atoms with Crippen LogP contribution in [0.3, 0.4) is 0 Å². The first-order chi connectivity index (χ1) is 12.0. The molecule has 2 fully saturated rings. The lowest BCUT2D eigenvalue weighted by Gasteiger charge is -2.48. The first kappa shape index (κ1) is 22.3. The quantitative estimate of drug-likeness (QED) is 0.374. The van der Waals surface area contributed by atoms with Crippen molar-refractivity contribution in [2.45, 2.75) is 107 Å². The maximum absolute atomic E-state index is 2.59. The Labute approximate surface area is 165 Å². The van der Waals surface area contributed by atoms with Gasteiger partial charge in [0.05, 0.1) is 0 Å². The van der Waals surface area contributed by atoms with Gasteiger partial charge in [-0.15, -0.1) is 0 Å². The molecule has 1 aliphatic heterocycles. The van der Waals surface area contributed by atoms with E-state index in [1.54, 1.807) is 0 Å². The molecule has 154 valence electrons. The third kappa shape index (κ3) is 4.50. The summed E-state index contributed by atoms with van der Waals surface area (Å²) >= 11 is 0. The van der Waals surface area contributed by atoms with E-state index in [1.165, 1.54) is 32.1 Å². The van der Waals surface area contributed by atoms with Gasteiger partial charge in [-0.1, -0.05) is 68.2 Å². The lowest BCUT2D eigenvalue weighted by atomic mass is 9.57. The van der Waals surface area contributed by atoms with Gasteiger partial charge in [0.15, 0.2) is 0 Å². The lowest BCUT2D eigenvalue weighted by Crippen LogP contribution is -2.41. The Morgan fingerprint density at radius 2 is 1.62 bits per heavy atom. The van der Waals surface area contributed by atoms with E-state index >= 15 is 0 Å². The van der Waals surface area contributed by atoms with E-state index in [4.69, 9.17) is 0 Å². The van der Waals surface area contributed by atoms with Gasteiger partial charge in [0.1, 0.15) is 0 Å². The predicted molar refractivity (Wildman–Crippen MR) is 116 cm³/mol. The molecule has 2 rings (SSSR count). The van der Waals surface area contributed by atoms with Crippen molar-refractivity contribution in [3.8, 4) is 0 Å². The summed E-state index contributed by atoms with van der Waals surface area (Å²) in [4.78, 5) is 2.59. The average molecular weight is 364 g/mol. The van der Waals surface area contributed by atoms with Crippen molar-refractivity contribution < 1.29 is 0 Å². The van der Waals surface area contributed by atoms with Crippen molar-refractivity contribution >= 4 is 0 Å². The fraction of sp³-hybridized carbons (Fsp3) is 1.00. The summed E-state index contributed by atoms with van der Waals surface area (Å²) in [7, 11) is 2.32. The molecule has 1 heteroatoms. The maximum atomic E-state index is 2.59. The van der Waals surface area contributed by atoms with Gasteiger partial charge in [-0.2, -0.15) is 0 Å². The van der Waals surface area contributed by atoms with E-state index in [9.17, 15) is 0 Å². The molecule has 9 atom stereocenters. The molecule has 0 amide bonds. The number of likely N-dealkylation sites (N-methyl/N-ethyl adjacent to an activating group) is 1. The summed E-state index contributed by atoms with van der Waals surface area (Å²) in [6, 6.07) is 1.57. The van der Waals surface area contributed by atoms with Crippen LogP contribution in [-0.4, -0.2) is 24.0 Å². The van der Waals surface area contributed by atoms with Gasteiger partial charge in [-0.05, 0) is 80.1 Å². The largest absolute Gasteiger partial charge is 0.297 e. The second-order valence-electron chi connectivity index (χ2n) is 11.3. The van der Waals surface area contributed by atoms with Crippen LogP contribution in [0.15, 0.2) is 0 Å². The highest BCUT2D eigenvalue weighted by molar-refractivity contribution is 5.07. The Bertz CT molecular complexity index is 431. The zero-order valence-electron chi connectivity index (χ0n) is 19.7. The van der Waals surface area contributed by atoms with Crippen LogP contribution in [0.5, 0.6) is 0 Å². The molecule has 0 spiro atoms. The topological polar surface area (TPSA) is 3.01 Å². The summed E-state index contributed by atoms with van der Waals surface area (Å²) in [6.45, 7) is 22.2. The van der Waals surface area contributed by atoms with Crippen molar-refractivity contribution in [2.24, 2.45) is 46.8 Å². The van der Waals surface area contributed by atoms with E-state index in [2.05, 4.69) is 74.3 Å². The van der Waals surface area contributed by atoms with Gasteiger partial charge in [0.25, 0.3) is 0 Å². The minimum Gasteiger partial charge on any atom is -0.297 e. The monoisotopic (exact) mass is 363 g/mol. The van der Waals surface area contributed by atoms with Crippen LogP contribution in [-0.2, 0) is 0 Å². The molecule has 0 N–H and O–H groups in total. The Kier molecular flexibility index (Phi) is 7.31. The van der Waals surface area contributed by atoms with Gasteiger partial charge < -0.3 is 0 Å². The zero-order chi connectivity index (χ0) is 19.8. The Balaban J connectivity index is 2.06. The van der Waals surface area contributed by atoms with Crippen molar-refractivity contribution in [3.05, 3.63) is 0 Å². The van der Waals surface area contributed by atoms with Crippen LogP contribution in [0.4, 0.5) is 0 Å². The normalized spacial score (nSPS) is 38.0. The molecular formula is C25H49N. The summed E-state index contributed by atoms with van der Waals surface area (Å²) < 4.78 is 0. The zero-order valence-corrected chi connectivity index (χ0v) is 19.7. The van der Waals surface area contributed by atoms with Gasteiger partial charge in [0.2, 0.25) is 0 Å². The molecule has 0 aromatic heterocycles. The number of rotatable bonds is 10. The molecule has 9 unspecified atom stereocenters. The molecule has 1 saturated carbocycles. The maximum Gasteiger partial charge on any atom is 0.0303 e. The minimum atomic E-state index is 0.448. The first-order valence-corrected chi connectivity index (χ1v) is 11.7. The second-order valence-corrected chi connectivity index (χ2v) is 11.3. The molecule has 1 aliphatic carbocycles. The summed E-state index contributed by atoms with van der Waals surface area (Å²) in [6.07, 6.45) is 7.18. The van der Waals surface area contributed by atoms with E-state index < -0.39 is 0 Å². The van der Waals surface area contributed by atoms with E-state index in [0.29, 0.717) is 5.41 Å².